The summed E-state index contributed by atoms with van der Waals surface area (Å²) in [6, 6.07) is 15.0. The van der Waals surface area contributed by atoms with E-state index in [4.69, 9.17) is 0 Å². The highest BCUT2D eigenvalue weighted by Gasteiger charge is 2.45. The van der Waals surface area contributed by atoms with E-state index in [-0.39, 0.29) is 30.2 Å². The molecule has 0 aromatic heterocycles. The van der Waals surface area contributed by atoms with Gasteiger partial charge < -0.3 is 9.80 Å². The summed E-state index contributed by atoms with van der Waals surface area (Å²) < 4.78 is 13.6. The van der Waals surface area contributed by atoms with Gasteiger partial charge in [0.15, 0.2) is 0 Å². The average Bonchev–Trinajstić information content (AvgIpc) is 2.75. The number of nitrogens with zero attached hydrogens (tertiary/aromatic N) is 2. The second-order valence-electron chi connectivity index (χ2n) is 8.76. The molecule has 4 atom stereocenters. The van der Waals surface area contributed by atoms with Gasteiger partial charge in [-0.25, -0.2) is 4.39 Å². The molecule has 1 heterocycles. The monoisotopic (exact) mass is 408 g/mol. The molecule has 30 heavy (non-hydrogen) atoms. The van der Waals surface area contributed by atoms with Gasteiger partial charge in [0.2, 0.25) is 5.91 Å². The minimum Gasteiger partial charge on any atom is -0.328 e. The maximum atomic E-state index is 13.7. The average molecular weight is 409 g/mol. The Balaban J connectivity index is 1.69. The molecule has 1 saturated heterocycles. The number of benzene rings is 2. The maximum Gasteiger partial charge on any atom is 0.250 e. The number of hydrogen-bond acceptors (Lipinski definition) is 2. The van der Waals surface area contributed by atoms with E-state index < -0.39 is 6.04 Å². The van der Waals surface area contributed by atoms with Crippen LogP contribution in [-0.2, 0) is 16.1 Å². The summed E-state index contributed by atoms with van der Waals surface area (Å²) >= 11 is 0. The maximum absolute atomic E-state index is 13.7. The molecule has 0 bridgehead atoms. The quantitative estimate of drug-likeness (QED) is 0.744. The number of carbonyl (C=O) groups is 2. The minimum atomic E-state index is -0.725. The van der Waals surface area contributed by atoms with Gasteiger partial charge in [0.05, 0.1) is 0 Å². The third kappa shape index (κ3) is 3.98. The molecule has 158 valence electrons. The van der Waals surface area contributed by atoms with Gasteiger partial charge in [0, 0.05) is 12.6 Å². The van der Waals surface area contributed by atoms with Crippen LogP contribution >= 0.6 is 0 Å². The summed E-state index contributed by atoms with van der Waals surface area (Å²) in [5.74, 6) is 0.416. The van der Waals surface area contributed by atoms with Crippen molar-refractivity contribution in [1.29, 1.82) is 0 Å². The highest BCUT2D eigenvalue weighted by atomic mass is 19.1. The third-order valence-electron chi connectivity index (χ3n) is 6.90. The van der Waals surface area contributed by atoms with Crippen molar-refractivity contribution in [1.82, 2.24) is 9.80 Å². The molecule has 2 fully saturated rings. The first-order valence-electron chi connectivity index (χ1n) is 10.8. The summed E-state index contributed by atoms with van der Waals surface area (Å²) in [6.45, 7) is 4.89. The Labute approximate surface area is 177 Å². The molecule has 0 unspecified atom stereocenters. The van der Waals surface area contributed by atoms with Crippen molar-refractivity contribution in [3.8, 4) is 0 Å². The molecule has 5 heteroatoms. The number of piperazine rings is 1. The van der Waals surface area contributed by atoms with Crippen LogP contribution in [0.2, 0.25) is 0 Å². The molecule has 0 spiro atoms. The number of amides is 2. The van der Waals surface area contributed by atoms with Gasteiger partial charge >= 0.3 is 0 Å². The smallest absolute Gasteiger partial charge is 0.250 e. The Morgan fingerprint density at radius 3 is 2.37 bits per heavy atom. The Hall–Kier alpha value is -2.69. The molecule has 4 rings (SSSR count). The Bertz CT molecular complexity index is 899. The predicted molar refractivity (Wildman–Crippen MR) is 114 cm³/mol. The van der Waals surface area contributed by atoms with Gasteiger partial charge in [-0.3, -0.25) is 9.59 Å². The van der Waals surface area contributed by atoms with Crippen molar-refractivity contribution in [3.05, 3.63) is 71.5 Å². The number of halogens is 1. The predicted octanol–water partition coefficient (Wildman–Crippen LogP) is 4.56. The van der Waals surface area contributed by atoms with Crippen LogP contribution in [0.4, 0.5) is 4.39 Å². The lowest BCUT2D eigenvalue weighted by Gasteiger charge is -2.47. The normalized spacial score (nSPS) is 27.4. The van der Waals surface area contributed by atoms with Gasteiger partial charge in [-0.05, 0) is 41.5 Å². The lowest BCUT2D eigenvalue weighted by atomic mass is 9.76. The standard InChI is InChI=1S/C25H29FN2O2/c1-17-7-6-10-22(18(17)2)27-16-23(29)28(15-19-8-4-3-5-9-19)24(25(27)30)20-11-13-21(26)14-12-20/h3-5,8-9,11-14,17-18,22,24H,6-7,10,15-16H2,1-2H3/t17-,18+,22+,24+/m1/s1. The topological polar surface area (TPSA) is 40.6 Å². The lowest BCUT2D eigenvalue weighted by molar-refractivity contribution is -0.161. The summed E-state index contributed by atoms with van der Waals surface area (Å²) in [4.78, 5) is 30.5. The van der Waals surface area contributed by atoms with E-state index in [2.05, 4.69) is 13.8 Å². The second-order valence-corrected chi connectivity index (χ2v) is 8.76. The first kappa shape index (κ1) is 20.6. The zero-order valence-electron chi connectivity index (χ0n) is 17.6. The van der Waals surface area contributed by atoms with Crippen LogP contribution in [-0.4, -0.2) is 34.2 Å². The van der Waals surface area contributed by atoms with Crippen LogP contribution in [0, 0.1) is 17.7 Å². The molecule has 1 saturated carbocycles. The molecule has 2 amide bonds. The molecule has 0 N–H and O–H groups in total. The van der Waals surface area contributed by atoms with Gasteiger partial charge in [0.25, 0.3) is 5.91 Å². The van der Waals surface area contributed by atoms with Crippen LogP contribution in [0.15, 0.2) is 54.6 Å². The molecule has 1 aliphatic carbocycles. The molecule has 1 aliphatic heterocycles. The third-order valence-corrected chi connectivity index (χ3v) is 6.90. The van der Waals surface area contributed by atoms with Crippen molar-refractivity contribution < 1.29 is 14.0 Å². The van der Waals surface area contributed by atoms with E-state index in [1.807, 2.05) is 30.3 Å². The zero-order chi connectivity index (χ0) is 21.3. The van der Waals surface area contributed by atoms with E-state index in [0.29, 0.717) is 23.9 Å². The van der Waals surface area contributed by atoms with Crippen molar-refractivity contribution in [2.75, 3.05) is 6.54 Å². The summed E-state index contributed by atoms with van der Waals surface area (Å²) in [5.41, 5.74) is 1.63. The van der Waals surface area contributed by atoms with Crippen molar-refractivity contribution in [2.24, 2.45) is 11.8 Å². The Morgan fingerprint density at radius 2 is 1.67 bits per heavy atom. The fourth-order valence-corrected chi connectivity index (χ4v) is 4.95. The highest BCUT2D eigenvalue weighted by Crippen LogP contribution is 2.37. The number of hydrogen-bond donors (Lipinski definition) is 0. The second kappa shape index (κ2) is 8.58. The molecule has 4 nitrogen and oxygen atoms in total. The summed E-state index contributed by atoms with van der Waals surface area (Å²) in [5, 5.41) is 0. The minimum absolute atomic E-state index is 0.0527. The first-order chi connectivity index (χ1) is 14.5. The van der Waals surface area contributed by atoms with Gasteiger partial charge in [-0.15, -0.1) is 0 Å². The van der Waals surface area contributed by atoms with Gasteiger partial charge in [-0.1, -0.05) is 69.2 Å². The Morgan fingerprint density at radius 1 is 0.967 bits per heavy atom. The molecule has 2 aromatic rings. The van der Waals surface area contributed by atoms with Crippen molar-refractivity contribution in [2.45, 2.75) is 51.7 Å². The van der Waals surface area contributed by atoms with E-state index in [0.717, 1.165) is 24.8 Å². The van der Waals surface area contributed by atoms with Crippen LogP contribution in [0.25, 0.3) is 0 Å². The lowest BCUT2D eigenvalue weighted by Crippen LogP contribution is -2.60. The number of carbonyl (C=O) groups excluding carboxylic acids is 2. The zero-order valence-corrected chi connectivity index (χ0v) is 17.6. The molecule has 2 aromatic carbocycles. The van der Waals surface area contributed by atoms with E-state index in [1.54, 1.807) is 21.9 Å². The van der Waals surface area contributed by atoms with Crippen LogP contribution in [0.3, 0.4) is 0 Å². The van der Waals surface area contributed by atoms with Gasteiger partial charge in [-0.2, -0.15) is 0 Å². The number of rotatable bonds is 4. The van der Waals surface area contributed by atoms with Crippen LogP contribution < -0.4 is 0 Å². The highest BCUT2D eigenvalue weighted by molar-refractivity contribution is 5.95. The molecule has 2 aliphatic rings. The first-order valence-corrected chi connectivity index (χ1v) is 10.8. The van der Waals surface area contributed by atoms with Gasteiger partial charge in [0.1, 0.15) is 18.4 Å². The Kier molecular flexibility index (Phi) is 5.89. The van der Waals surface area contributed by atoms with Crippen LogP contribution in [0.1, 0.15) is 50.3 Å². The SMILES string of the molecule is C[C@H]1[C@H](C)CCC[C@@H]1N1CC(=O)N(Cc2ccccc2)[C@@H](c2ccc(F)cc2)C1=O. The fraction of sp³-hybridized carbons (Fsp3) is 0.440. The van der Waals surface area contributed by atoms with E-state index in [1.165, 1.54) is 12.1 Å². The van der Waals surface area contributed by atoms with Crippen molar-refractivity contribution >= 4 is 11.8 Å². The van der Waals surface area contributed by atoms with E-state index in [9.17, 15) is 14.0 Å². The molecule has 0 radical (unpaired) electrons. The molecular weight excluding hydrogens is 379 g/mol. The summed E-state index contributed by atoms with van der Waals surface area (Å²) in [7, 11) is 0. The molecular formula is C25H29FN2O2. The summed E-state index contributed by atoms with van der Waals surface area (Å²) in [6.07, 6.45) is 3.16. The van der Waals surface area contributed by atoms with E-state index >= 15 is 0 Å². The largest absolute Gasteiger partial charge is 0.328 e. The van der Waals surface area contributed by atoms with Crippen LogP contribution in [0.5, 0.6) is 0 Å². The van der Waals surface area contributed by atoms with Crippen molar-refractivity contribution in [3.63, 3.8) is 0 Å². The fourth-order valence-electron chi connectivity index (χ4n) is 4.95.